The van der Waals surface area contributed by atoms with Crippen LogP contribution in [0.5, 0.6) is 0 Å². The summed E-state index contributed by atoms with van der Waals surface area (Å²) >= 11 is 6.07. The van der Waals surface area contributed by atoms with Crippen LogP contribution in [0.4, 0.5) is 4.39 Å². The molecule has 0 bridgehead atoms. The first-order valence-electron chi connectivity index (χ1n) is 6.42. The molecule has 0 aliphatic carbocycles. The van der Waals surface area contributed by atoms with E-state index in [1.54, 1.807) is 12.1 Å². The van der Waals surface area contributed by atoms with Crippen LogP contribution in [0, 0.1) is 5.82 Å². The number of nitrogens with two attached hydrogens (primary N) is 1. The van der Waals surface area contributed by atoms with Gasteiger partial charge in [0.15, 0.2) is 0 Å². The number of hydrogen-bond acceptors (Lipinski definition) is 2. The lowest BCUT2D eigenvalue weighted by Gasteiger charge is -2.31. The van der Waals surface area contributed by atoms with Crippen LogP contribution in [0.2, 0.25) is 5.02 Å². The summed E-state index contributed by atoms with van der Waals surface area (Å²) in [6, 6.07) is 14.0. The fourth-order valence-corrected chi connectivity index (χ4v) is 2.56. The fourth-order valence-electron chi connectivity index (χ4n) is 2.34. The molecule has 1 unspecified atom stereocenters. The lowest BCUT2D eigenvalue weighted by molar-refractivity contribution is 0.195. The van der Waals surface area contributed by atoms with Crippen molar-refractivity contribution in [3.63, 3.8) is 0 Å². The Morgan fingerprint density at radius 3 is 2.35 bits per heavy atom. The average Bonchev–Trinajstić information content (AvgIpc) is 2.49. The quantitative estimate of drug-likeness (QED) is 0.890. The predicted octanol–water partition coefficient (Wildman–Crippen LogP) is 2.91. The minimum absolute atomic E-state index is 0.168. The molecule has 3 N–H and O–H groups in total. The molecule has 106 valence electrons. The standard InChI is InChI=1S/C16H17ClFNO/c17-14-7-4-8-15(18)13(14)9-16(10-19,11-20)12-5-2-1-3-6-12/h1-8,20H,9-11,19H2. The number of halogens is 2. The molecule has 2 nitrogen and oxygen atoms in total. The van der Waals surface area contributed by atoms with Crippen LogP contribution in [0.25, 0.3) is 0 Å². The van der Waals surface area contributed by atoms with Crippen molar-refractivity contribution in [2.75, 3.05) is 13.2 Å². The van der Waals surface area contributed by atoms with Crippen LogP contribution < -0.4 is 5.73 Å². The highest BCUT2D eigenvalue weighted by atomic mass is 35.5. The van der Waals surface area contributed by atoms with Crippen molar-refractivity contribution in [1.29, 1.82) is 0 Å². The van der Waals surface area contributed by atoms with E-state index in [1.165, 1.54) is 6.07 Å². The summed E-state index contributed by atoms with van der Waals surface area (Å²) in [5.74, 6) is -0.375. The van der Waals surface area contributed by atoms with Gasteiger partial charge >= 0.3 is 0 Å². The van der Waals surface area contributed by atoms with E-state index in [-0.39, 0.29) is 25.4 Å². The summed E-state index contributed by atoms with van der Waals surface area (Å²) in [5.41, 5.74) is 6.41. The Balaban J connectivity index is 2.45. The van der Waals surface area contributed by atoms with Crippen molar-refractivity contribution in [1.82, 2.24) is 0 Å². The second-order valence-corrected chi connectivity index (χ2v) is 5.29. The Kier molecular flexibility index (Phi) is 4.76. The van der Waals surface area contributed by atoms with Crippen LogP contribution in [0.1, 0.15) is 11.1 Å². The lowest BCUT2D eigenvalue weighted by Crippen LogP contribution is -2.41. The summed E-state index contributed by atoms with van der Waals surface area (Å²) in [6.45, 7) is 0.0380. The van der Waals surface area contributed by atoms with Crippen LogP contribution in [-0.2, 0) is 11.8 Å². The minimum Gasteiger partial charge on any atom is -0.395 e. The summed E-state index contributed by atoms with van der Waals surface area (Å²) < 4.78 is 14.0. The molecule has 20 heavy (non-hydrogen) atoms. The van der Waals surface area contributed by atoms with E-state index in [4.69, 9.17) is 17.3 Å². The summed E-state index contributed by atoms with van der Waals surface area (Å²) in [4.78, 5) is 0. The van der Waals surface area contributed by atoms with Gasteiger partial charge in [0.05, 0.1) is 6.61 Å². The Labute approximate surface area is 123 Å². The van der Waals surface area contributed by atoms with Gasteiger partial charge in [-0.3, -0.25) is 0 Å². The van der Waals surface area contributed by atoms with E-state index < -0.39 is 5.41 Å². The van der Waals surface area contributed by atoms with E-state index in [0.717, 1.165) is 5.56 Å². The highest BCUT2D eigenvalue weighted by Gasteiger charge is 2.32. The van der Waals surface area contributed by atoms with E-state index in [2.05, 4.69) is 0 Å². The van der Waals surface area contributed by atoms with Gasteiger partial charge in [0, 0.05) is 22.5 Å². The monoisotopic (exact) mass is 293 g/mol. The highest BCUT2D eigenvalue weighted by Crippen LogP contribution is 2.31. The molecule has 0 aliphatic heterocycles. The maximum absolute atomic E-state index is 14.0. The van der Waals surface area contributed by atoms with Crippen LogP contribution in [0.3, 0.4) is 0 Å². The van der Waals surface area contributed by atoms with Gasteiger partial charge in [-0.15, -0.1) is 0 Å². The van der Waals surface area contributed by atoms with Gasteiger partial charge in [0.2, 0.25) is 0 Å². The number of hydrogen-bond donors (Lipinski definition) is 2. The molecule has 2 rings (SSSR count). The zero-order valence-corrected chi connectivity index (χ0v) is 11.8. The fraction of sp³-hybridized carbons (Fsp3) is 0.250. The summed E-state index contributed by atoms with van der Waals surface area (Å²) in [5, 5.41) is 10.2. The first-order chi connectivity index (χ1) is 9.63. The molecule has 1 atom stereocenters. The molecule has 0 spiro atoms. The highest BCUT2D eigenvalue weighted by molar-refractivity contribution is 6.31. The number of aliphatic hydroxyl groups excluding tert-OH is 1. The number of benzene rings is 2. The maximum Gasteiger partial charge on any atom is 0.127 e. The largest absolute Gasteiger partial charge is 0.395 e. The molecule has 0 heterocycles. The summed E-state index contributed by atoms with van der Waals surface area (Å²) in [6.07, 6.45) is 0.259. The van der Waals surface area contributed by atoms with Crippen molar-refractivity contribution in [2.24, 2.45) is 5.73 Å². The van der Waals surface area contributed by atoms with E-state index >= 15 is 0 Å². The SMILES string of the molecule is NCC(CO)(Cc1c(F)cccc1Cl)c1ccccc1. The van der Waals surface area contributed by atoms with E-state index in [0.29, 0.717) is 10.6 Å². The second-order valence-electron chi connectivity index (χ2n) is 4.89. The van der Waals surface area contributed by atoms with Crippen molar-refractivity contribution in [3.05, 3.63) is 70.5 Å². The average molecular weight is 294 g/mol. The molecule has 2 aromatic rings. The molecular weight excluding hydrogens is 277 g/mol. The third kappa shape index (κ3) is 2.85. The van der Waals surface area contributed by atoms with Gasteiger partial charge in [-0.2, -0.15) is 0 Å². The van der Waals surface area contributed by atoms with Crippen molar-refractivity contribution in [2.45, 2.75) is 11.8 Å². The topological polar surface area (TPSA) is 46.2 Å². The molecule has 0 saturated heterocycles. The molecule has 0 fully saturated rings. The first-order valence-corrected chi connectivity index (χ1v) is 6.80. The van der Waals surface area contributed by atoms with Crippen molar-refractivity contribution < 1.29 is 9.50 Å². The van der Waals surface area contributed by atoms with Crippen molar-refractivity contribution >= 4 is 11.6 Å². The molecule has 2 aromatic carbocycles. The molecular formula is C16H17ClFNO. The van der Waals surface area contributed by atoms with Gasteiger partial charge in [0.25, 0.3) is 0 Å². The predicted molar refractivity (Wildman–Crippen MR) is 79.4 cm³/mol. The molecule has 0 aromatic heterocycles. The van der Waals surface area contributed by atoms with Crippen molar-refractivity contribution in [3.8, 4) is 0 Å². The Bertz CT molecular complexity index is 550. The molecule has 0 aliphatic rings. The third-order valence-electron chi connectivity index (χ3n) is 3.66. The van der Waals surface area contributed by atoms with Crippen LogP contribution >= 0.6 is 11.6 Å². The maximum atomic E-state index is 14.0. The smallest absolute Gasteiger partial charge is 0.127 e. The van der Waals surface area contributed by atoms with Gasteiger partial charge in [-0.1, -0.05) is 48.0 Å². The van der Waals surface area contributed by atoms with E-state index in [9.17, 15) is 9.50 Å². The van der Waals surface area contributed by atoms with Gasteiger partial charge in [0.1, 0.15) is 5.82 Å². The molecule has 0 saturated carbocycles. The number of rotatable bonds is 5. The summed E-state index contributed by atoms with van der Waals surface area (Å²) in [7, 11) is 0. The second kappa shape index (κ2) is 6.35. The molecule has 0 radical (unpaired) electrons. The zero-order chi connectivity index (χ0) is 14.6. The molecule has 0 amide bonds. The first kappa shape index (κ1) is 15.0. The number of aliphatic hydroxyl groups is 1. The van der Waals surface area contributed by atoms with Gasteiger partial charge in [-0.05, 0) is 24.1 Å². The van der Waals surface area contributed by atoms with Gasteiger partial charge in [-0.25, -0.2) is 4.39 Å². The Hall–Kier alpha value is -1.42. The lowest BCUT2D eigenvalue weighted by atomic mass is 9.76. The normalized spacial score (nSPS) is 14.0. The van der Waals surface area contributed by atoms with Crippen LogP contribution in [-0.4, -0.2) is 18.3 Å². The Morgan fingerprint density at radius 1 is 1.10 bits per heavy atom. The minimum atomic E-state index is -0.729. The Morgan fingerprint density at radius 2 is 1.80 bits per heavy atom. The van der Waals surface area contributed by atoms with Crippen LogP contribution in [0.15, 0.2) is 48.5 Å². The molecule has 4 heteroatoms. The van der Waals surface area contributed by atoms with E-state index in [1.807, 2.05) is 30.3 Å². The van der Waals surface area contributed by atoms with Gasteiger partial charge < -0.3 is 10.8 Å². The third-order valence-corrected chi connectivity index (χ3v) is 4.01. The zero-order valence-electron chi connectivity index (χ0n) is 11.0.